The maximum atomic E-state index is 6.36. The minimum absolute atomic E-state index is 0.0562. The number of furan rings is 1. The van der Waals surface area contributed by atoms with Crippen LogP contribution in [0.15, 0.2) is 41.0 Å². The van der Waals surface area contributed by atoms with Crippen molar-refractivity contribution in [1.29, 1.82) is 0 Å². The van der Waals surface area contributed by atoms with E-state index in [1.807, 2.05) is 31.2 Å². The summed E-state index contributed by atoms with van der Waals surface area (Å²) in [4.78, 5) is 2.26. The van der Waals surface area contributed by atoms with Crippen molar-refractivity contribution in [2.45, 2.75) is 38.9 Å². The smallest absolute Gasteiger partial charge is 0.105 e. The number of halogens is 1. The van der Waals surface area contributed by atoms with Crippen molar-refractivity contribution in [3.8, 4) is 0 Å². The molecule has 114 valence electrons. The Balaban J connectivity index is 2.25. The Bertz CT molecular complexity index is 582. The Hall–Kier alpha value is -1.29. The van der Waals surface area contributed by atoms with Gasteiger partial charge in [0, 0.05) is 29.2 Å². The molecular weight excluding hydrogens is 284 g/mol. The number of hydrogen-bond acceptors (Lipinski definition) is 3. The molecule has 21 heavy (non-hydrogen) atoms. The third kappa shape index (κ3) is 3.88. The second-order valence-electron chi connectivity index (χ2n) is 5.49. The van der Waals surface area contributed by atoms with Gasteiger partial charge in [-0.3, -0.25) is 4.90 Å². The Kier molecular flexibility index (Phi) is 5.45. The lowest BCUT2D eigenvalue weighted by Crippen LogP contribution is -2.38. The summed E-state index contributed by atoms with van der Waals surface area (Å²) in [5.74, 6) is 0.955. The van der Waals surface area contributed by atoms with Crippen molar-refractivity contribution < 1.29 is 4.42 Å². The number of rotatable bonds is 6. The van der Waals surface area contributed by atoms with Gasteiger partial charge in [-0.25, -0.2) is 0 Å². The SMILES string of the molecule is CCC(N)C(c1cccc(Cl)c1)N(C)Cc1ccoc1C. The van der Waals surface area contributed by atoms with E-state index >= 15 is 0 Å². The average molecular weight is 307 g/mol. The quantitative estimate of drug-likeness (QED) is 0.871. The van der Waals surface area contributed by atoms with Gasteiger partial charge >= 0.3 is 0 Å². The summed E-state index contributed by atoms with van der Waals surface area (Å²) in [5.41, 5.74) is 8.70. The van der Waals surface area contributed by atoms with Gasteiger partial charge in [0.2, 0.25) is 0 Å². The molecule has 0 aliphatic heterocycles. The van der Waals surface area contributed by atoms with Gasteiger partial charge in [-0.1, -0.05) is 30.7 Å². The zero-order chi connectivity index (χ0) is 15.4. The van der Waals surface area contributed by atoms with E-state index in [0.717, 1.165) is 29.3 Å². The van der Waals surface area contributed by atoms with Gasteiger partial charge in [0.15, 0.2) is 0 Å². The molecule has 0 saturated carbocycles. The maximum Gasteiger partial charge on any atom is 0.105 e. The number of aryl methyl sites for hydroxylation is 1. The third-order valence-corrected chi connectivity index (χ3v) is 4.16. The molecule has 0 saturated heterocycles. The molecule has 0 radical (unpaired) electrons. The lowest BCUT2D eigenvalue weighted by molar-refractivity contribution is 0.200. The molecule has 4 heteroatoms. The van der Waals surface area contributed by atoms with Crippen LogP contribution in [0.3, 0.4) is 0 Å². The van der Waals surface area contributed by atoms with Gasteiger partial charge in [-0.15, -0.1) is 0 Å². The summed E-state index contributed by atoms with van der Waals surface area (Å²) >= 11 is 6.14. The topological polar surface area (TPSA) is 42.4 Å². The fourth-order valence-electron chi connectivity index (χ4n) is 2.68. The van der Waals surface area contributed by atoms with Gasteiger partial charge in [0.1, 0.15) is 5.76 Å². The Labute approximate surface area is 131 Å². The predicted octanol–water partition coefficient (Wildman–Crippen LogP) is 4.15. The van der Waals surface area contributed by atoms with Gasteiger partial charge in [0.05, 0.1) is 6.26 Å². The van der Waals surface area contributed by atoms with Crippen LogP contribution in [0.4, 0.5) is 0 Å². The Morgan fingerprint density at radius 2 is 2.10 bits per heavy atom. The highest BCUT2D eigenvalue weighted by molar-refractivity contribution is 6.30. The number of hydrogen-bond donors (Lipinski definition) is 1. The van der Waals surface area contributed by atoms with Gasteiger partial charge in [0.25, 0.3) is 0 Å². The van der Waals surface area contributed by atoms with Crippen LogP contribution in [0.1, 0.15) is 36.3 Å². The molecular formula is C17H23ClN2O. The zero-order valence-electron chi connectivity index (χ0n) is 12.8. The highest BCUT2D eigenvalue weighted by Crippen LogP contribution is 2.28. The van der Waals surface area contributed by atoms with E-state index < -0.39 is 0 Å². The van der Waals surface area contributed by atoms with E-state index in [0.29, 0.717) is 0 Å². The predicted molar refractivity (Wildman–Crippen MR) is 87.4 cm³/mol. The van der Waals surface area contributed by atoms with Crippen molar-refractivity contribution in [2.75, 3.05) is 7.05 Å². The second kappa shape index (κ2) is 7.12. The van der Waals surface area contributed by atoms with Crippen LogP contribution in [0, 0.1) is 6.92 Å². The Morgan fingerprint density at radius 1 is 1.33 bits per heavy atom. The maximum absolute atomic E-state index is 6.36. The van der Waals surface area contributed by atoms with Crippen LogP contribution < -0.4 is 5.73 Å². The average Bonchev–Trinajstić information content (AvgIpc) is 2.84. The molecule has 2 rings (SSSR count). The molecule has 1 aromatic carbocycles. The molecule has 1 heterocycles. The third-order valence-electron chi connectivity index (χ3n) is 3.93. The number of benzene rings is 1. The summed E-state index contributed by atoms with van der Waals surface area (Å²) in [6.45, 7) is 4.89. The largest absolute Gasteiger partial charge is 0.469 e. The normalized spacial score (nSPS) is 14.4. The standard InChI is InChI=1S/C17H23ClN2O/c1-4-16(19)17(13-6-5-7-15(18)10-13)20(3)11-14-8-9-21-12(14)2/h5-10,16-17H,4,11,19H2,1-3H3. The summed E-state index contributed by atoms with van der Waals surface area (Å²) in [6, 6.07) is 10.1. The van der Waals surface area contributed by atoms with Crippen LogP contribution in [-0.4, -0.2) is 18.0 Å². The van der Waals surface area contributed by atoms with E-state index in [2.05, 4.69) is 24.9 Å². The number of nitrogens with two attached hydrogens (primary N) is 1. The molecule has 0 bridgehead atoms. The molecule has 0 spiro atoms. The van der Waals surface area contributed by atoms with E-state index in [-0.39, 0.29) is 12.1 Å². The molecule has 0 aliphatic carbocycles. The molecule has 0 fully saturated rings. The molecule has 3 nitrogen and oxygen atoms in total. The molecule has 0 amide bonds. The highest BCUT2D eigenvalue weighted by atomic mass is 35.5. The lowest BCUT2D eigenvalue weighted by atomic mass is 9.96. The monoisotopic (exact) mass is 306 g/mol. The van der Waals surface area contributed by atoms with Crippen LogP contribution in [-0.2, 0) is 6.54 Å². The second-order valence-corrected chi connectivity index (χ2v) is 5.93. The van der Waals surface area contributed by atoms with E-state index in [4.69, 9.17) is 21.8 Å². The van der Waals surface area contributed by atoms with Crippen LogP contribution in [0.2, 0.25) is 5.02 Å². The van der Waals surface area contributed by atoms with Gasteiger partial charge in [-0.2, -0.15) is 0 Å². The first-order chi connectivity index (χ1) is 10.0. The molecule has 0 aliphatic rings. The van der Waals surface area contributed by atoms with Crippen LogP contribution >= 0.6 is 11.6 Å². The molecule has 2 atom stereocenters. The van der Waals surface area contributed by atoms with Gasteiger partial charge in [-0.05, 0) is 44.2 Å². The Morgan fingerprint density at radius 3 is 2.67 bits per heavy atom. The zero-order valence-corrected chi connectivity index (χ0v) is 13.6. The summed E-state index contributed by atoms with van der Waals surface area (Å²) in [5, 5.41) is 0.744. The first-order valence-electron chi connectivity index (χ1n) is 7.27. The van der Waals surface area contributed by atoms with E-state index in [9.17, 15) is 0 Å². The van der Waals surface area contributed by atoms with Gasteiger partial charge < -0.3 is 10.2 Å². The van der Waals surface area contributed by atoms with Crippen molar-refractivity contribution in [3.05, 3.63) is 58.5 Å². The molecule has 2 unspecified atom stereocenters. The van der Waals surface area contributed by atoms with Crippen molar-refractivity contribution in [3.63, 3.8) is 0 Å². The summed E-state index contributed by atoms with van der Waals surface area (Å²) in [7, 11) is 2.09. The van der Waals surface area contributed by atoms with Crippen molar-refractivity contribution in [2.24, 2.45) is 5.73 Å². The fraction of sp³-hybridized carbons (Fsp3) is 0.412. The molecule has 1 aromatic heterocycles. The minimum atomic E-state index is 0.0562. The first kappa shape index (κ1) is 16.1. The number of likely N-dealkylation sites (N-methyl/N-ethyl adjacent to an activating group) is 1. The van der Waals surface area contributed by atoms with Crippen LogP contribution in [0.25, 0.3) is 0 Å². The first-order valence-corrected chi connectivity index (χ1v) is 7.65. The van der Waals surface area contributed by atoms with Crippen molar-refractivity contribution >= 4 is 11.6 Å². The van der Waals surface area contributed by atoms with Crippen molar-refractivity contribution in [1.82, 2.24) is 4.90 Å². The minimum Gasteiger partial charge on any atom is -0.469 e. The fourth-order valence-corrected chi connectivity index (χ4v) is 2.88. The van der Waals surface area contributed by atoms with E-state index in [1.54, 1.807) is 6.26 Å². The summed E-state index contributed by atoms with van der Waals surface area (Å²) < 4.78 is 5.38. The van der Waals surface area contributed by atoms with E-state index in [1.165, 1.54) is 5.56 Å². The molecule has 2 aromatic rings. The highest BCUT2D eigenvalue weighted by Gasteiger charge is 2.24. The molecule has 2 N–H and O–H groups in total. The van der Waals surface area contributed by atoms with Crippen LogP contribution in [0.5, 0.6) is 0 Å². The lowest BCUT2D eigenvalue weighted by Gasteiger charge is -2.32. The number of nitrogens with zero attached hydrogens (tertiary/aromatic N) is 1. The summed E-state index contributed by atoms with van der Waals surface area (Å²) in [6.07, 6.45) is 2.64.